The van der Waals surface area contributed by atoms with Crippen molar-refractivity contribution in [2.75, 3.05) is 37.5 Å². The lowest BCUT2D eigenvalue weighted by molar-refractivity contribution is 0.378. The van der Waals surface area contributed by atoms with Crippen molar-refractivity contribution in [3.8, 4) is 6.01 Å². The highest BCUT2D eigenvalue weighted by atomic mass is 16.5. The first-order valence-corrected chi connectivity index (χ1v) is 5.56. The van der Waals surface area contributed by atoms with Gasteiger partial charge in [-0.1, -0.05) is 0 Å². The van der Waals surface area contributed by atoms with Gasteiger partial charge in [0.1, 0.15) is 0 Å². The molecule has 0 bridgehead atoms. The third kappa shape index (κ3) is 2.32. The molecule has 0 saturated carbocycles. The molecule has 1 aromatic rings. The van der Waals surface area contributed by atoms with Crippen LogP contribution in [0.1, 0.15) is 19.3 Å². The van der Waals surface area contributed by atoms with Gasteiger partial charge in [-0.05, 0) is 19.3 Å². The second-order valence-electron chi connectivity index (χ2n) is 3.74. The maximum absolute atomic E-state index is 5.06. The standard InChI is InChI=1S/C10H17N5O/c1-11-8-12-9(14-10(13-8)16-2)15-6-4-3-5-7-15/h3-7H2,1-2H3,(H,11,12,13,14). The number of aromatic nitrogens is 3. The van der Waals surface area contributed by atoms with Crippen molar-refractivity contribution in [3.63, 3.8) is 0 Å². The topological polar surface area (TPSA) is 63.2 Å². The molecule has 2 heterocycles. The van der Waals surface area contributed by atoms with Crippen molar-refractivity contribution < 1.29 is 4.74 Å². The van der Waals surface area contributed by atoms with Gasteiger partial charge in [0.2, 0.25) is 11.9 Å². The Morgan fingerprint density at radius 3 is 2.50 bits per heavy atom. The second kappa shape index (κ2) is 4.96. The Kier molecular flexibility index (Phi) is 3.38. The Labute approximate surface area is 95.1 Å². The first-order chi connectivity index (χ1) is 7.83. The number of nitrogens with one attached hydrogen (secondary N) is 1. The monoisotopic (exact) mass is 223 g/mol. The number of hydrogen-bond acceptors (Lipinski definition) is 6. The molecular formula is C10H17N5O. The molecule has 16 heavy (non-hydrogen) atoms. The molecule has 6 nitrogen and oxygen atoms in total. The Balaban J connectivity index is 2.24. The third-order valence-electron chi connectivity index (χ3n) is 2.65. The molecule has 1 aromatic heterocycles. The fourth-order valence-electron chi connectivity index (χ4n) is 1.78. The summed E-state index contributed by atoms with van der Waals surface area (Å²) >= 11 is 0. The van der Waals surface area contributed by atoms with Crippen LogP contribution in [-0.2, 0) is 0 Å². The molecule has 1 aliphatic rings. The molecule has 0 aromatic carbocycles. The number of hydrogen-bond donors (Lipinski definition) is 1. The van der Waals surface area contributed by atoms with E-state index >= 15 is 0 Å². The summed E-state index contributed by atoms with van der Waals surface area (Å²) in [5.74, 6) is 1.25. The molecule has 0 atom stereocenters. The van der Waals surface area contributed by atoms with Crippen LogP contribution in [0.15, 0.2) is 0 Å². The summed E-state index contributed by atoms with van der Waals surface area (Å²) in [6.45, 7) is 2.02. The summed E-state index contributed by atoms with van der Waals surface area (Å²) in [6, 6.07) is 0.361. The maximum atomic E-state index is 5.06. The van der Waals surface area contributed by atoms with E-state index in [1.54, 1.807) is 14.2 Å². The fraction of sp³-hybridized carbons (Fsp3) is 0.700. The smallest absolute Gasteiger partial charge is 0.322 e. The van der Waals surface area contributed by atoms with E-state index < -0.39 is 0 Å². The summed E-state index contributed by atoms with van der Waals surface area (Å²) in [5, 5.41) is 2.91. The van der Waals surface area contributed by atoms with Crippen LogP contribution in [-0.4, -0.2) is 42.2 Å². The van der Waals surface area contributed by atoms with Crippen molar-refractivity contribution in [1.29, 1.82) is 0 Å². The van der Waals surface area contributed by atoms with Crippen molar-refractivity contribution in [2.45, 2.75) is 19.3 Å². The minimum absolute atomic E-state index is 0.361. The van der Waals surface area contributed by atoms with Gasteiger partial charge >= 0.3 is 6.01 Å². The highest BCUT2D eigenvalue weighted by Crippen LogP contribution is 2.18. The van der Waals surface area contributed by atoms with Crippen molar-refractivity contribution in [1.82, 2.24) is 15.0 Å². The largest absolute Gasteiger partial charge is 0.467 e. The van der Waals surface area contributed by atoms with Gasteiger partial charge in [-0.15, -0.1) is 0 Å². The molecule has 1 saturated heterocycles. The van der Waals surface area contributed by atoms with Crippen LogP contribution in [0.25, 0.3) is 0 Å². The van der Waals surface area contributed by atoms with Crippen LogP contribution in [0.2, 0.25) is 0 Å². The van der Waals surface area contributed by atoms with Gasteiger partial charge < -0.3 is 15.0 Å². The molecule has 1 fully saturated rings. The van der Waals surface area contributed by atoms with Crippen LogP contribution in [0.5, 0.6) is 6.01 Å². The highest BCUT2D eigenvalue weighted by Gasteiger charge is 2.15. The summed E-state index contributed by atoms with van der Waals surface area (Å²) in [4.78, 5) is 14.9. The van der Waals surface area contributed by atoms with Gasteiger partial charge in [-0.2, -0.15) is 15.0 Å². The molecule has 1 N–H and O–H groups in total. The quantitative estimate of drug-likeness (QED) is 0.821. The summed E-state index contributed by atoms with van der Waals surface area (Å²) in [6.07, 6.45) is 3.68. The maximum Gasteiger partial charge on any atom is 0.322 e. The zero-order valence-corrected chi connectivity index (χ0v) is 9.73. The van der Waals surface area contributed by atoms with Gasteiger partial charge in [-0.3, -0.25) is 0 Å². The number of ether oxygens (including phenoxy) is 1. The van der Waals surface area contributed by atoms with Gasteiger partial charge in [-0.25, -0.2) is 0 Å². The van der Waals surface area contributed by atoms with Crippen molar-refractivity contribution >= 4 is 11.9 Å². The Hall–Kier alpha value is -1.59. The predicted molar refractivity (Wildman–Crippen MR) is 62.0 cm³/mol. The predicted octanol–water partition coefficient (Wildman–Crippen LogP) is 0.912. The normalized spacial score (nSPS) is 16.0. The summed E-state index contributed by atoms with van der Waals surface area (Å²) in [5.41, 5.74) is 0. The first-order valence-electron chi connectivity index (χ1n) is 5.56. The number of piperidine rings is 1. The molecule has 0 amide bonds. The van der Waals surface area contributed by atoms with E-state index in [4.69, 9.17) is 4.74 Å². The fourth-order valence-corrected chi connectivity index (χ4v) is 1.78. The summed E-state index contributed by atoms with van der Waals surface area (Å²) < 4.78 is 5.06. The van der Waals surface area contributed by atoms with Gasteiger partial charge in [0.15, 0.2) is 0 Å². The van der Waals surface area contributed by atoms with E-state index in [0.717, 1.165) is 13.1 Å². The highest BCUT2D eigenvalue weighted by molar-refractivity contribution is 5.38. The van der Waals surface area contributed by atoms with E-state index in [2.05, 4.69) is 25.2 Å². The van der Waals surface area contributed by atoms with Crippen LogP contribution in [0.3, 0.4) is 0 Å². The Morgan fingerprint density at radius 1 is 1.12 bits per heavy atom. The zero-order valence-electron chi connectivity index (χ0n) is 9.73. The van der Waals surface area contributed by atoms with Crippen molar-refractivity contribution in [2.24, 2.45) is 0 Å². The van der Waals surface area contributed by atoms with Gasteiger partial charge in [0.25, 0.3) is 0 Å². The molecule has 0 spiro atoms. The van der Waals surface area contributed by atoms with E-state index in [-0.39, 0.29) is 0 Å². The minimum Gasteiger partial charge on any atom is -0.467 e. The lowest BCUT2D eigenvalue weighted by Crippen LogP contribution is -2.31. The second-order valence-corrected chi connectivity index (χ2v) is 3.74. The van der Waals surface area contributed by atoms with E-state index in [1.807, 2.05) is 0 Å². The average Bonchev–Trinajstić information content (AvgIpc) is 2.39. The van der Waals surface area contributed by atoms with Gasteiger partial charge in [0, 0.05) is 20.1 Å². The Bertz CT molecular complexity index is 329. The van der Waals surface area contributed by atoms with Gasteiger partial charge in [0.05, 0.1) is 7.11 Å². The lowest BCUT2D eigenvalue weighted by Gasteiger charge is -2.26. The molecule has 6 heteroatoms. The van der Waals surface area contributed by atoms with Crippen LogP contribution < -0.4 is 15.0 Å². The Morgan fingerprint density at radius 2 is 1.88 bits per heavy atom. The minimum atomic E-state index is 0.361. The lowest BCUT2D eigenvalue weighted by atomic mass is 10.1. The molecule has 2 rings (SSSR count). The van der Waals surface area contributed by atoms with Crippen LogP contribution in [0, 0.1) is 0 Å². The van der Waals surface area contributed by atoms with Crippen molar-refractivity contribution in [3.05, 3.63) is 0 Å². The number of nitrogens with zero attached hydrogens (tertiary/aromatic N) is 4. The molecule has 0 unspecified atom stereocenters. The average molecular weight is 223 g/mol. The zero-order chi connectivity index (χ0) is 11.4. The summed E-state index contributed by atoms with van der Waals surface area (Å²) in [7, 11) is 3.35. The molecule has 0 radical (unpaired) electrons. The third-order valence-corrected chi connectivity index (χ3v) is 2.65. The molecule has 88 valence electrons. The van der Waals surface area contributed by atoms with Crippen LogP contribution >= 0.6 is 0 Å². The first kappa shape index (κ1) is 10.9. The molecule has 1 aliphatic heterocycles. The molecule has 0 aliphatic carbocycles. The molecular weight excluding hydrogens is 206 g/mol. The number of rotatable bonds is 3. The SMILES string of the molecule is CNc1nc(OC)nc(N2CCCCC2)n1. The van der Waals surface area contributed by atoms with E-state index in [9.17, 15) is 0 Å². The van der Waals surface area contributed by atoms with Crippen LogP contribution in [0.4, 0.5) is 11.9 Å². The van der Waals surface area contributed by atoms with E-state index in [1.165, 1.54) is 19.3 Å². The van der Waals surface area contributed by atoms with E-state index in [0.29, 0.717) is 17.9 Å². The number of methoxy groups -OCH3 is 1. The number of anilines is 2.